The molecule has 4 heteroatoms. The number of hydrogen-bond donors (Lipinski definition) is 1. The minimum Gasteiger partial charge on any atom is -0.444 e. The summed E-state index contributed by atoms with van der Waals surface area (Å²) in [6.07, 6.45) is 0.404. The van der Waals surface area contributed by atoms with Gasteiger partial charge in [0.15, 0.2) is 0 Å². The molecule has 0 radical (unpaired) electrons. The van der Waals surface area contributed by atoms with Crippen LogP contribution in [0.1, 0.15) is 31.9 Å². The first-order chi connectivity index (χ1) is 8.40. The summed E-state index contributed by atoms with van der Waals surface area (Å²) >= 11 is 5.71. The highest BCUT2D eigenvalue weighted by Crippen LogP contribution is 2.08. The molecule has 100 valence electrons. The zero-order valence-electron chi connectivity index (χ0n) is 11.1. The molecule has 1 N–H and O–H groups in total. The van der Waals surface area contributed by atoms with Crippen LogP contribution in [-0.4, -0.2) is 18.2 Å². The Morgan fingerprint density at radius 2 is 1.78 bits per heavy atom. The lowest BCUT2D eigenvalue weighted by molar-refractivity contribution is 0.0528. The lowest BCUT2D eigenvalue weighted by atomic mass is 10.1. The van der Waals surface area contributed by atoms with Crippen molar-refractivity contribution in [2.45, 2.75) is 38.7 Å². The zero-order chi connectivity index (χ0) is 13.6. The molecule has 0 bridgehead atoms. The first kappa shape index (κ1) is 14.8. The van der Waals surface area contributed by atoms with Crippen LogP contribution in [0.2, 0.25) is 0 Å². The van der Waals surface area contributed by atoms with Gasteiger partial charge in [0.1, 0.15) is 5.60 Å². The average molecular weight is 270 g/mol. The monoisotopic (exact) mass is 269 g/mol. The fourth-order valence-corrected chi connectivity index (χ4v) is 1.60. The smallest absolute Gasteiger partial charge is 0.407 e. The summed E-state index contributed by atoms with van der Waals surface area (Å²) in [6.45, 7) is 6.10. The van der Waals surface area contributed by atoms with Gasteiger partial charge in [-0.2, -0.15) is 0 Å². The van der Waals surface area contributed by atoms with Crippen LogP contribution in [0.3, 0.4) is 0 Å². The molecule has 1 rings (SSSR count). The van der Waals surface area contributed by atoms with E-state index in [-0.39, 0.29) is 6.09 Å². The molecule has 18 heavy (non-hydrogen) atoms. The Labute approximate surface area is 113 Å². The van der Waals surface area contributed by atoms with Gasteiger partial charge in [-0.1, -0.05) is 24.3 Å². The van der Waals surface area contributed by atoms with E-state index >= 15 is 0 Å². The Kier molecular flexibility index (Phi) is 5.48. The summed E-state index contributed by atoms with van der Waals surface area (Å²) in [5.74, 6) is 0.524. The van der Waals surface area contributed by atoms with E-state index < -0.39 is 5.60 Å². The third-order valence-electron chi connectivity index (χ3n) is 2.26. The maximum absolute atomic E-state index is 11.4. The standard InChI is InChI=1S/C14H20ClNO2/c1-14(2,3)18-13(17)16-9-8-11-4-6-12(10-15)7-5-11/h4-7H,8-10H2,1-3H3,(H,16,17). The van der Waals surface area contributed by atoms with Crippen molar-refractivity contribution >= 4 is 17.7 Å². The lowest BCUT2D eigenvalue weighted by Crippen LogP contribution is -2.33. The van der Waals surface area contributed by atoms with Gasteiger partial charge in [-0.05, 0) is 38.3 Å². The van der Waals surface area contributed by atoms with E-state index in [4.69, 9.17) is 16.3 Å². The van der Waals surface area contributed by atoms with Crippen molar-refractivity contribution in [3.8, 4) is 0 Å². The normalized spacial score (nSPS) is 11.1. The van der Waals surface area contributed by atoms with Crippen LogP contribution in [-0.2, 0) is 17.0 Å². The quantitative estimate of drug-likeness (QED) is 0.850. The first-order valence-electron chi connectivity index (χ1n) is 6.01. The minimum atomic E-state index is -0.452. The highest BCUT2D eigenvalue weighted by atomic mass is 35.5. The predicted octanol–water partition coefficient (Wildman–Crippen LogP) is 3.49. The average Bonchev–Trinajstić information content (AvgIpc) is 2.27. The third kappa shape index (κ3) is 5.92. The van der Waals surface area contributed by atoms with E-state index in [1.165, 1.54) is 5.56 Å². The van der Waals surface area contributed by atoms with Crippen molar-refractivity contribution in [2.75, 3.05) is 6.54 Å². The summed E-state index contributed by atoms with van der Waals surface area (Å²) in [5, 5.41) is 2.73. The van der Waals surface area contributed by atoms with Crippen molar-refractivity contribution in [1.82, 2.24) is 5.32 Å². The zero-order valence-corrected chi connectivity index (χ0v) is 11.9. The minimum absolute atomic E-state index is 0.375. The van der Waals surface area contributed by atoms with Crippen LogP contribution in [0.15, 0.2) is 24.3 Å². The number of alkyl halides is 1. The van der Waals surface area contributed by atoms with Crippen LogP contribution < -0.4 is 5.32 Å². The fraction of sp³-hybridized carbons (Fsp3) is 0.500. The summed E-state index contributed by atoms with van der Waals surface area (Å²) in [7, 11) is 0. The van der Waals surface area contributed by atoms with Gasteiger partial charge in [-0.25, -0.2) is 4.79 Å². The number of nitrogens with one attached hydrogen (secondary N) is 1. The molecule has 0 fully saturated rings. The predicted molar refractivity (Wildman–Crippen MR) is 73.9 cm³/mol. The largest absolute Gasteiger partial charge is 0.444 e. The first-order valence-corrected chi connectivity index (χ1v) is 6.55. The Hall–Kier alpha value is -1.22. The molecule has 0 heterocycles. The van der Waals surface area contributed by atoms with Gasteiger partial charge in [-0.15, -0.1) is 11.6 Å². The second kappa shape index (κ2) is 6.64. The Balaban J connectivity index is 2.30. The second-order valence-corrected chi connectivity index (χ2v) is 5.40. The number of hydrogen-bond acceptors (Lipinski definition) is 2. The molecule has 0 aliphatic carbocycles. The Bertz CT molecular complexity index is 382. The van der Waals surface area contributed by atoms with Crippen molar-refractivity contribution in [2.24, 2.45) is 0 Å². The van der Waals surface area contributed by atoms with Gasteiger partial charge in [-0.3, -0.25) is 0 Å². The van der Waals surface area contributed by atoms with Crippen LogP contribution in [0.4, 0.5) is 4.79 Å². The summed E-state index contributed by atoms with van der Waals surface area (Å²) < 4.78 is 5.14. The molecule has 0 aliphatic rings. The molecule has 0 atom stereocenters. The molecule has 1 amide bonds. The van der Waals surface area contributed by atoms with Gasteiger partial charge in [0.2, 0.25) is 0 Å². The van der Waals surface area contributed by atoms with E-state index in [1.807, 2.05) is 45.0 Å². The van der Waals surface area contributed by atoms with Crippen LogP contribution in [0.5, 0.6) is 0 Å². The topological polar surface area (TPSA) is 38.3 Å². The molecule has 0 aromatic heterocycles. The highest BCUT2D eigenvalue weighted by molar-refractivity contribution is 6.17. The van der Waals surface area contributed by atoms with E-state index in [2.05, 4.69) is 5.32 Å². The van der Waals surface area contributed by atoms with Crippen LogP contribution in [0, 0.1) is 0 Å². The molecule has 3 nitrogen and oxygen atoms in total. The van der Waals surface area contributed by atoms with Crippen molar-refractivity contribution in [3.05, 3.63) is 35.4 Å². The molecule has 0 unspecified atom stereocenters. The molecular weight excluding hydrogens is 250 g/mol. The summed E-state index contributed by atoms with van der Waals surface area (Å²) in [4.78, 5) is 11.4. The summed E-state index contributed by atoms with van der Waals surface area (Å²) in [5.41, 5.74) is 1.81. The molecule has 1 aromatic rings. The maximum atomic E-state index is 11.4. The Morgan fingerprint density at radius 3 is 2.28 bits per heavy atom. The van der Waals surface area contributed by atoms with E-state index in [0.29, 0.717) is 12.4 Å². The van der Waals surface area contributed by atoms with Gasteiger partial charge >= 0.3 is 6.09 Å². The van der Waals surface area contributed by atoms with Gasteiger partial charge < -0.3 is 10.1 Å². The number of alkyl carbamates (subject to hydrolysis) is 1. The van der Waals surface area contributed by atoms with E-state index in [1.54, 1.807) is 0 Å². The Morgan fingerprint density at radius 1 is 1.22 bits per heavy atom. The number of benzene rings is 1. The van der Waals surface area contributed by atoms with Crippen LogP contribution >= 0.6 is 11.6 Å². The van der Waals surface area contributed by atoms with Crippen molar-refractivity contribution in [3.63, 3.8) is 0 Å². The number of amides is 1. The number of carbonyl (C=O) groups is 1. The number of rotatable bonds is 4. The third-order valence-corrected chi connectivity index (χ3v) is 2.57. The summed E-state index contributed by atoms with van der Waals surface area (Å²) in [6, 6.07) is 8.04. The molecule has 0 saturated carbocycles. The number of carbonyl (C=O) groups excluding carboxylic acids is 1. The highest BCUT2D eigenvalue weighted by Gasteiger charge is 2.15. The second-order valence-electron chi connectivity index (χ2n) is 5.13. The van der Waals surface area contributed by atoms with Crippen LogP contribution in [0.25, 0.3) is 0 Å². The van der Waals surface area contributed by atoms with Crippen molar-refractivity contribution in [1.29, 1.82) is 0 Å². The molecule has 0 spiro atoms. The molecular formula is C14H20ClNO2. The van der Waals surface area contributed by atoms with Crippen molar-refractivity contribution < 1.29 is 9.53 Å². The van der Waals surface area contributed by atoms with E-state index in [9.17, 15) is 4.79 Å². The number of halogens is 1. The molecule has 0 aliphatic heterocycles. The fourth-order valence-electron chi connectivity index (χ4n) is 1.42. The molecule has 0 saturated heterocycles. The molecule has 1 aromatic carbocycles. The lowest BCUT2D eigenvalue weighted by Gasteiger charge is -2.19. The van der Waals surface area contributed by atoms with Gasteiger partial charge in [0.05, 0.1) is 0 Å². The maximum Gasteiger partial charge on any atom is 0.407 e. The van der Waals surface area contributed by atoms with Gasteiger partial charge in [0.25, 0.3) is 0 Å². The van der Waals surface area contributed by atoms with E-state index in [0.717, 1.165) is 12.0 Å². The van der Waals surface area contributed by atoms with Gasteiger partial charge in [0, 0.05) is 12.4 Å². The SMILES string of the molecule is CC(C)(C)OC(=O)NCCc1ccc(CCl)cc1. The number of ether oxygens (including phenoxy) is 1.